The summed E-state index contributed by atoms with van der Waals surface area (Å²) in [6.45, 7) is 0. The average molecular weight is 132 g/mol. The van der Waals surface area contributed by atoms with Crippen LogP contribution in [0.15, 0.2) is 24.3 Å². The van der Waals surface area contributed by atoms with Crippen molar-refractivity contribution in [2.24, 2.45) is 0 Å². The minimum Gasteiger partial charge on any atom is -0.423 e. The zero-order valence-corrected chi connectivity index (χ0v) is 5.36. The lowest BCUT2D eigenvalue weighted by Gasteiger charge is -1.97. The van der Waals surface area contributed by atoms with E-state index >= 15 is 0 Å². The molecule has 2 nitrogen and oxygen atoms in total. The van der Waals surface area contributed by atoms with Gasteiger partial charge in [-0.1, -0.05) is 29.7 Å². The average Bonchev–Trinajstić information content (AvgIpc) is 1.88. The molecule has 2 radical (unpaired) electrons. The van der Waals surface area contributed by atoms with Crippen molar-refractivity contribution in [2.75, 3.05) is 0 Å². The molecule has 0 aromatic heterocycles. The molecule has 0 atom stereocenters. The molecule has 0 heterocycles. The summed E-state index contributed by atoms with van der Waals surface area (Å²) in [5, 5.41) is 17.3. The van der Waals surface area contributed by atoms with Gasteiger partial charge in [0.1, 0.15) is 7.85 Å². The minimum atomic E-state index is -1.40. The molecule has 0 amide bonds. The quantitative estimate of drug-likeness (QED) is 0.440. The Hall–Kier alpha value is -0.730. The summed E-state index contributed by atoms with van der Waals surface area (Å²) in [5.41, 5.74) is 1.07. The first-order valence-electron chi connectivity index (χ1n) is 2.92. The molecule has 4 heteroatoms. The molecule has 0 spiro atoms. The summed E-state index contributed by atoms with van der Waals surface area (Å²) >= 11 is 0. The van der Waals surface area contributed by atoms with E-state index in [4.69, 9.17) is 17.9 Å². The molecule has 2 N–H and O–H groups in total. The van der Waals surface area contributed by atoms with Gasteiger partial charge >= 0.3 is 7.12 Å². The summed E-state index contributed by atoms with van der Waals surface area (Å²) in [6, 6.07) is 6.38. The lowest BCUT2D eigenvalue weighted by Crippen LogP contribution is -2.30. The van der Waals surface area contributed by atoms with Crippen molar-refractivity contribution in [3.8, 4) is 0 Å². The third-order valence-corrected chi connectivity index (χ3v) is 1.23. The summed E-state index contributed by atoms with van der Waals surface area (Å²) in [4.78, 5) is 0. The van der Waals surface area contributed by atoms with Crippen LogP contribution in [-0.4, -0.2) is 25.0 Å². The maximum Gasteiger partial charge on any atom is 0.488 e. The van der Waals surface area contributed by atoms with Gasteiger partial charge in [-0.3, -0.25) is 0 Å². The predicted molar refractivity (Wildman–Crippen MR) is 41.7 cm³/mol. The highest BCUT2D eigenvalue weighted by Crippen LogP contribution is 1.79. The van der Waals surface area contributed by atoms with Crippen molar-refractivity contribution in [1.82, 2.24) is 0 Å². The maximum atomic E-state index is 8.63. The second-order valence-corrected chi connectivity index (χ2v) is 2.04. The Morgan fingerprint density at radius 2 is 1.60 bits per heavy atom. The van der Waals surface area contributed by atoms with Crippen LogP contribution in [0.2, 0.25) is 0 Å². The van der Waals surface area contributed by atoms with Gasteiger partial charge in [-0.25, -0.2) is 0 Å². The number of hydrogen-bond donors (Lipinski definition) is 2. The van der Waals surface area contributed by atoms with Crippen molar-refractivity contribution in [3.05, 3.63) is 24.3 Å². The van der Waals surface area contributed by atoms with E-state index in [9.17, 15) is 0 Å². The van der Waals surface area contributed by atoms with Gasteiger partial charge in [0.25, 0.3) is 0 Å². The first kappa shape index (κ1) is 7.38. The van der Waals surface area contributed by atoms with Gasteiger partial charge in [0.05, 0.1) is 0 Å². The fourth-order valence-corrected chi connectivity index (χ4v) is 0.668. The van der Waals surface area contributed by atoms with E-state index in [1.54, 1.807) is 24.3 Å². The predicted octanol–water partition coefficient (Wildman–Crippen LogP) is -1.84. The SMILES string of the molecule is [B]c1ccc(B(O)O)cc1. The Morgan fingerprint density at radius 3 is 2.00 bits per heavy atom. The molecule has 0 saturated heterocycles. The Morgan fingerprint density at radius 1 is 1.10 bits per heavy atom. The lowest BCUT2D eigenvalue weighted by atomic mass is 9.79. The van der Waals surface area contributed by atoms with Gasteiger partial charge in [-0.2, -0.15) is 0 Å². The van der Waals surface area contributed by atoms with Crippen LogP contribution in [0, 0.1) is 0 Å². The van der Waals surface area contributed by atoms with Crippen LogP contribution >= 0.6 is 0 Å². The smallest absolute Gasteiger partial charge is 0.423 e. The van der Waals surface area contributed by atoms with Crippen LogP contribution < -0.4 is 10.9 Å². The number of rotatable bonds is 1. The normalized spacial score (nSPS) is 9.40. The van der Waals surface area contributed by atoms with Gasteiger partial charge in [-0.15, -0.1) is 0 Å². The van der Waals surface area contributed by atoms with E-state index < -0.39 is 7.12 Å². The fourth-order valence-electron chi connectivity index (χ4n) is 0.668. The van der Waals surface area contributed by atoms with Crippen LogP contribution in [-0.2, 0) is 0 Å². The van der Waals surface area contributed by atoms with Gasteiger partial charge in [-0.05, 0) is 5.46 Å². The molecule has 0 unspecified atom stereocenters. The summed E-state index contributed by atoms with van der Waals surface area (Å²) in [7, 11) is 3.96. The highest BCUT2D eigenvalue weighted by atomic mass is 16.4. The zero-order valence-electron chi connectivity index (χ0n) is 5.36. The Labute approximate surface area is 61.1 Å². The molecule has 0 aliphatic carbocycles. The molecule has 1 aromatic rings. The zero-order chi connectivity index (χ0) is 7.56. The van der Waals surface area contributed by atoms with Crippen molar-refractivity contribution in [3.63, 3.8) is 0 Å². The van der Waals surface area contributed by atoms with E-state index in [2.05, 4.69) is 0 Å². The second-order valence-electron chi connectivity index (χ2n) is 2.04. The first-order valence-corrected chi connectivity index (χ1v) is 2.92. The minimum absolute atomic E-state index is 0.453. The summed E-state index contributed by atoms with van der Waals surface area (Å²) in [6.07, 6.45) is 0. The van der Waals surface area contributed by atoms with Crippen molar-refractivity contribution in [2.45, 2.75) is 0 Å². The highest BCUT2D eigenvalue weighted by molar-refractivity contribution is 6.58. The third-order valence-electron chi connectivity index (χ3n) is 1.23. The van der Waals surface area contributed by atoms with Gasteiger partial charge in [0.15, 0.2) is 0 Å². The van der Waals surface area contributed by atoms with Gasteiger partial charge < -0.3 is 10.0 Å². The van der Waals surface area contributed by atoms with E-state index in [1.165, 1.54) is 0 Å². The summed E-state index contributed by atoms with van der Waals surface area (Å²) < 4.78 is 0. The van der Waals surface area contributed by atoms with E-state index in [-0.39, 0.29) is 0 Å². The largest absolute Gasteiger partial charge is 0.488 e. The van der Waals surface area contributed by atoms with Crippen LogP contribution in [0.5, 0.6) is 0 Å². The van der Waals surface area contributed by atoms with Crippen LogP contribution in [0.3, 0.4) is 0 Å². The highest BCUT2D eigenvalue weighted by Gasteiger charge is 2.08. The molecule has 0 aliphatic rings. The van der Waals surface area contributed by atoms with Gasteiger partial charge in [0.2, 0.25) is 0 Å². The molecule has 1 aromatic carbocycles. The molecule has 0 fully saturated rings. The van der Waals surface area contributed by atoms with E-state index in [0.717, 1.165) is 0 Å². The number of hydrogen-bond acceptors (Lipinski definition) is 2. The standard InChI is InChI=1S/C6H6B2O2/c7-5-1-3-6(4-2-5)8(9)10/h1-4,9-10H. The molecule has 0 saturated carbocycles. The molecule has 1 rings (SSSR count). The number of benzene rings is 1. The molecule has 48 valence electrons. The molecular weight excluding hydrogens is 126 g/mol. The van der Waals surface area contributed by atoms with E-state index in [1.807, 2.05) is 0 Å². The van der Waals surface area contributed by atoms with Crippen molar-refractivity contribution >= 4 is 25.9 Å². The second kappa shape index (κ2) is 2.90. The molecule has 0 aliphatic heterocycles. The topological polar surface area (TPSA) is 40.5 Å². The third kappa shape index (κ3) is 1.62. The van der Waals surface area contributed by atoms with Crippen LogP contribution in [0.1, 0.15) is 0 Å². The van der Waals surface area contributed by atoms with Crippen molar-refractivity contribution < 1.29 is 10.0 Å². The lowest BCUT2D eigenvalue weighted by molar-refractivity contribution is 0.426. The van der Waals surface area contributed by atoms with Crippen LogP contribution in [0.25, 0.3) is 0 Å². The van der Waals surface area contributed by atoms with Crippen molar-refractivity contribution in [1.29, 1.82) is 0 Å². The fraction of sp³-hybridized carbons (Fsp3) is 0. The Bertz CT molecular complexity index is 207. The monoisotopic (exact) mass is 132 g/mol. The Balaban J connectivity index is 2.89. The summed E-state index contributed by atoms with van der Waals surface area (Å²) in [5.74, 6) is 0. The Kier molecular flexibility index (Phi) is 2.14. The molecule has 10 heavy (non-hydrogen) atoms. The van der Waals surface area contributed by atoms with Gasteiger partial charge in [0, 0.05) is 0 Å². The molecular formula is C6H6B2O2. The maximum absolute atomic E-state index is 8.63. The molecule has 0 bridgehead atoms. The van der Waals surface area contributed by atoms with Crippen LogP contribution in [0.4, 0.5) is 0 Å². The van der Waals surface area contributed by atoms with E-state index in [0.29, 0.717) is 10.9 Å². The first-order chi connectivity index (χ1) is 4.70.